The maximum atomic E-state index is 11.2. The molecule has 2 heterocycles. The van der Waals surface area contributed by atoms with Gasteiger partial charge in [0.1, 0.15) is 11.5 Å². The summed E-state index contributed by atoms with van der Waals surface area (Å²) in [5.41, 5.74) is 9.42. The lowest BCUT2D eigenvalue weighted by molar-refractivity contribution is 0.0964. The fraction of sp³-hybridized carbons (Fsp3) is 0.333. The van der Waals surface area contributed by atoms with Gasteiger partial charge in [0.25, 0.3) is 5.91 Å². The monoisotopic (exact) mass is 244 g/mol. The number of hydrogen-bond donors (Lipinski definition) is 1. The van der Waals surface area contributed by atoms with E-state index in [0.717, 1.165) is 28.9 Å². The Balaban J connectivity index is 2.26. The van der Waals surface area contributed by atoms with Gasteiger partial charge in [0.2, 0.25) is 5.76 Å². The molecule has 2 N–H and O–H groups in total. The van der Waals surface area contributed by atoms with Gasteiger partial charge in [-0.25, -0.2) is 9.97 Å². The molecule has 3 rings (SSSR count). The SMILES string of the molecule is Cc1nc(C)c2c(n1)-c1noc(C(N)=O)c1CC2. The first-order valence-corrected chi connectivity index (χ1v) is 5.70. The van der Waals surface area contributed by atoms with Gasteiger partial charge >= 0.3 is 0 Å². The van der Waals surface area contributed by atoms with Crippen LogP contribution in [0.4, 0.5) is 0 Å². The predicted octanol–water partition coefficient (Wildman–Crippen LogP) is 0.946. The second kappa shape index (κ2) is 3.63. The summed E-state index contributed by atoms with van der Waals surface area (Å²) in [4.78, 5) is 20.0. The minimum atomic E-state index is -0.588. The van der Waals surface area contributed by atoms with E-state index < -0.39 is 5.91 Å². The number of nitrogens with two attached hydrogens (primary N) is 1. The summed E-state index contributed by atoms with van der Waals surface area (Å²) < 4.78 is 5.03. The van der Waals surface area contributed by atoms with Gasteiger partial charge in [0, 0.05) is 16.8 Å². The average molecular weight is 244 g/mol. The van der Waals surface area contributed by atoms with Crippen molar-refractivity contribution in [1.82, 2.24) is 15.1 Å². The van der Waals surface area contributed by atoms with E-state index in [1.807, 2.05) is 13.8 Å². The molecule has 0 atom stereocenters. The van der Waals surface area contributed by atoms with Crippen molar-refractivity contribution in [3.05, 3.63) is 28.4 Å². The number of primary amides is 1. The first-order valence-electron chi connectivity index (χ1n) is 5.70. The molecule has 1 aliphatic rings. The molecule has 1 amide bonds. The fourth-order valence-electron chi connectivity index (χ4n) is 2.40. The maximum Gasteiger partial charge on any atom is 0.287 e. The molecule has 6 nitrogen and oxygen atoms in total. The number of carbonyl (C=O) groups excluding carboxylic acids is 1. The number of fused-ring (bicyclic) bond motifs is 3. The zero-order valence-corrected chi connectivity index (χ0v) is 10.1. The second-order valence-electron chi connectivity index (χ2n) is 4.39. The van der Waals surface area contributed by atoms with E-state index in [-0.39, 0.29) is 5.76 Å². The van der Waals surface area contributed by atoms with Crippen LogP contribution in [0, 0.1) is 13.8 Å². The molecule has 0 fully saturated rings. The van der Waals surface area contributed by atoms with E-state index in [4.69, 9.17) is 10.3 Å². The molecule has 0 spiro atoms. The summed E-state index contributed by atoms with van der Waals surface area (Å²) in [6, 6.07) is 0. The number of aryl methyl sites for hydroxylation is 2. The highest BCUT2D eigenvalue weighted by molar-refractivity contribution is 5.93. The van der Waals surface area contributed by atoms with Gasteiger partial charge < -0.3 is 10.3 Å². The Kier molecular flexibility index (Phi) is 2.19. The Morgan fingerprint density at radius 1 is 1.17 bits per heavy atom. The normalized spacial score (nSPS) is 13.0. The zero-order valence-electron chi connectivity index (χ0n) is 10.1. The Bertz CT molecular complexity index is 660. The van der Waals surface area contributed by atoms with E-state index in [1.165, 1.54) is 0 Å². The highest BCUT2D eigenvalue weighted by Crippen LogP contribution is 2.34. The minimum absolute atomic E-state index is 0.143. The summed E-state index contributed by atoms with van der Waals surface area (Å²) in [5, 5.41) is 3.94. The molecule has 0 unspecified atom stereocenters. The lowest BCUT2D eigenvalue weighted by atomic mass is 9.91. The quantitative estimate of drug-likeness (QED) is 0.805. The molecule has 0 bridgehead atoms. The Labute approximate surface area is 103 Å². The number of nitrogens with zero attached hydrogens (tertiary/aromatic N) is 3. The topological polar surface area (TPSA) is 94.9 Å². The number of carbonyl (C=O) groups is 1. The van der Waals surface area contributed by atoms with E-state index in [0.29, 0.717) is 17.9 Å². The molecule has 0 saturated heterocycles. The van der Waals surface area contributed by atoms with Crippen molar-refractivity contribution in [2.45, 2.75) is 26.7 Å². The van der Waals surface area contributed by atoms with Crippen LogP contribution in [0.2, 0.25) is 0 Å². The second-order valence-corrected chi connectivity index (χ2v) is 4.39. The van der Waals surface area contributed by atoms with Gasteiger partial charge in [-0.05, 0) is 26.7 Å². The van der Waals surface area contributed by atoms with Crippen molar-refractivity contribution in [3.8, 4) is 11.4 Å². The summed E-state index contributed by atoms with van der Waals surface area (Å²) in [6.07, 6.45) is 1.45. The lowest BCUT2D eigenvalue weighted by Crippen LogP contribution is -2.15. The molecule has 0 saturated carbocycles. The van der Waals surface area contributed by atoms with E-state index >= 15 is 0 Å². The van der Waals surface area contributed by atoms with Crippen molar-refractivity contribution in [2.24, 2.45) is 5.73 Å². The summed E-state index contributed by atoms with van der Waals surface area (Å²) in [6.45, 7) is 3.78. The minimum Gasteiger partial charge on any atom is -0.363 e. The molecule has 0 aromatic carbocycles. The number of hydrogen-bond acceptors (Lipinski definition) is 5. The first-order chi connectivity index (χ1) is 8.58. The van der Waals surface area contributed by atoms with E-state index in [1.54, 1.807) is 0 Å². The van der Waals surface area contributed by atoms with E-state index in [2.05, 4.69) is 15.1 Å². The first kappa shape index (κ1) is 10.9. The van der Waals surface area contributed by atoms with Crippen LogP contribution in [0.15, 0.2) is 4.52 Å². The van der Waals surface area contributed by atoms with Crippen LogP contribution >= 0.6 is 0 Å². The van der Waals surface area contributed by atoms with Gasteiger partial charge in [-0.1, -0.05) is 5.16 Å². The number of rotatable bonds is 1. The zero-order chi connectivity index (χ0) is 12.9. The summed E-state index contributed by atoms with van der Waals surface area (Å²) in [7, 11) is 0. The van der Waals surface area contributed by atoms with Gasteiger partial charge in [-0.2, -0.15) is 0 Å². The molecule has 18 heavy (non-hydrogen) atoms. The van der Waals surface area contributed by atoms with Crippen LogP contribution in [0.5, 0.6) is 0 Å². The number of amides is 1. The van der Waals surface area contributed by atoms with Crippen molar-refractivity contribution >= 4 is 5.91 Å². The lowest BCUT2D eigenvalue weighted by Gasteiger charge is -2.16. The van der Waals surface area contributed by atoms with Crippen molar-refractivity contribution in [3.63, 3.8) is 0 Å². The number of aromatic nitrogens is 3. The Morgan fingerprint density at radius 3 is 2.61 bits per heavy atom. The predicted molar refractivity (Wildman–Crippen MR) is 62.9 cm³/mol. The van der Waals surface area contributed by atoms with Gasteiger partial charge in [0.05, 0.1) is 5.69 Å². The highest BCUT2D eigenvalue weighted by Gasteiger charge is 2.28. The molecule has 6 heteroatoms. The Morgan fingerprint density at radius 2 is 1.89 bits per heavy atom. The van der Waals surface area contributed by atoms with Gasteiger partial charge in [0.15, 0.2) is 0 Å². The molecule has 0 radical (unpaired) electrons. The molecule has 1 aliphatic carbocycles. The third kappa shape index (κ3) is 1.42. The standard InChI is InChI=1S/C12H12N4O2/c1-5-7-3-4-8-10(9(7)15-6(2)14-5)16-18-11(8)12(13)17/h3-4H2,1-2H3,(H2,13,17). The van der Waals surface area contributed by atoms with Crippen molar-refractivity contribution in [2.75, 3.05) is 0 Å². The van der Waals surface area contributed by atoms with Gasteiger partial charge in [-0.3, -0.25) is 4.79 Å². The smallest absolute Gasteiger partial charge is 0.287 e. The molecule has 0 aliphatic heterocycles. The van der Waals surface area contributed by atoms with E-state index in [9.17, 15) is 4.79 Å². The van der Waals surface area contributed by atoms with Crippen LogP contribution in [0.1, 0.15) is 33.2 Å². The van der Waals surface area contributed by atoms with Crippen LogP contribution in [-0.2, 0) is 12.8 Å². The molecule has 2 aromatic heterocycles. The maximum absolute atomic E-state index is 11.2. The van der Waals surface area contributed by atoms with Gasteiger partial charge in [-0.15, -0.1) is 0 Å². The molecule has 2 aromatic rings. The molecular formula is C12H12N4O2. The average Bonchev–Trinajstić information content (AvgIpc) is 2.72. The third-order valence-corrected chi connectivity index (χ3v) is 3.19. The van der Waals surface area contributed by atoms with Crippen LogP contribution in [-0.4, -0.2) is 21.0 Å². The van der Waals surface area contributed by atoms with Crippen LogP contribution < -0.4 is 5.73 Å². The van der Waals surface area contributed by atoms with Crippen LogP contribution in [0.3, 0.4) is 0 Å². The fourth-order valence-corrected chi connectivity index (χ4v) is 2.40. The van der Waals surface area contributed by atoms with Crippen molar-refractivity contribution < 1.29 is 9.32 Å². The molecular weight excluding hydrogens is 232 g/mol. The van der Waals surface area contributed by atoms with Crippen molar-refractivity contribution in [1.29, 1.82) is 0 Å². The summed E-state index contributed by atoms with van der Waals surface area (Å²) in [5.74, 6) is 0.238. The Hall–Kier alpha value is -2.24. The largest absolute Gasteiger partial charge is 0.363 e. The highest BCUT2D eigenvalue weighted by atomic mass is 16.5. The summed E-state index contributed by atoms with van der Waals surface area (Å²) >= 11 is 0. The molecule has 92 valence electrons. The third-order valence-electron chi connectivity index (χ3n) is 3.19. The van der Waals surface area contributed by atoms with Crippen LogP contribution in [0.25, 0.3) is 11.4 Å².